The van der Waals surface area contributed by atoms with Crippen LogP contribution in [0.15, 0.2) is 30.3 Å². The number of carbonyl (C=O) groups is 1. The van der Waals surface area contributed by atoms with Crippen LogP contribution in [-0.2, 0) is 9.53 Å². The van der Waals surface area contributed by atoms with Gasteiger partial charge in [-0.3, -0.25) is 4.79 Å². The second-order valence-electron chi connectivity index (χ2n) is 5.13. The first-order chi connectivity index (χ1) is 8.33. The molecule has 0 amide bonds. The predicted molar refractivity (Wildman–Crippen MR) is 65.5 cm³/mol. The molecule has 0 heterocycles. The molecule has 3 unspecified atom stereocenters. The van der Waals surface area contributed by atoms with E-state index >= 15 is 0 Å². The van der Waals surface area contributed by atoms with Gasteiger partial charge in [0.15, 0.2) is 0 Å². The van der Waals surface area contributed by atoms with Gasteiger partial charge in [0.25, 0.3) is 0 Å². The fraction of sp³-hybridized carbons (Fsp3) is 0.533. The molecule has 0 bridgehead atoms. The van der Waals surface area contributed by atoms with Crippen molar-refractivity contribution in [3.05, 3.63) is 35.9 Å². The summed E-state index contributed by atoms with van der Waals surface area (Å²) < 4.78 is 5.19. The van der Waals surface area contributed by atoms with E-state index in [1.807, 2.05) is 13.0 Å². The average Bonchev–Trinajstić information content (AvgIpc) is 3.22. The fourth-order valence-electron chi connectivity index (χ4n) is 3.05. The van der Waals surface area contributed by atoms with Crippen LogP contribution in [-0.4, -0.2) is 12.6 Å². The molecule has 17 heavy (non-hydrogen) atoms. The van der Waals surface area contributed by atoms with Gasteiger partial charge in [0.1, 0.15) is 0 Å². The van der Waals surface area contributed by atoms with Crippen LogP contribution in [0.3, 0.4) is 0 Å². The summed E-state index contributed by atoms with van der Waals surface area (Å²) in [7, 11) is 0. The monoisotopic (exact) mass is 230 g/mol. The van der Waals surface area contributed by atoms with Crippen molar-refractivity contribution in [1.29, 1.82) is 0 Å². The highest BCUT2D eigenvalue weighted by molar-refractivity contribution is 5.78. The lowest BCUT2D eigenvalue weighted by molar-refractivity contribution is -0.145. The molecule has 0 N–H and O–H groups in total. The summed E-state index contributed by atoms with van der Waals surface area (Å²) in [5.74, 6) is 1.89. The van der Waals surface area contributed by atoms with Gasteiger partial charge in [0.05, 0.1) is 12.5 Å². The third-order valence-corrected chi connectivity index (χ3v) is 3.98. The molecule has 2 aliphatic carbocycles. The summed E-state index contributed by atoms with van der Waals surface area (Å²) in [5.41, 5.74) is 1.31. The van der Waals surface area contributed by atoms with Crippen molar-refractivity contribution in [2.45, 2.75) is 25.7 Å². The Balaban J connectivity index is 1.77. The minimum absolute atomic E-state index is 0.0123. The highest BCUT2D eigenvalue weighted by atomic mass is 16.5. The molecule has 0 radical (unpaired) electrons. The van der Waals surface area contributed by atoms with E-state index in [1.54, 1.807) is 0 Å². The normalized spacial score (nSPS) is 31.0. The van der Waals surface area contributed by atoms with Crippen LogP contribution < -0.4 is 0 Å². The first-order valence-corrected chi connectivity index (χ1v) is 6.54. The number of hydrogen-bond acceptors (Lipinski definition) is 2. The topological polar surface area (TPSA) is 26.3 Å². The molecule has 0 saturated heterocycles. The van der Waals surface area contributed by atoms with Crippen molar-refractivity contribution in [3.63, 3.8) is 0 Å². The first kappa shape index (κ1) is 10.8. The maximum Gasteiger partial charge on any atom is 0.309 e. The zero-order valence-electron chi connectivity index (χ0n) is 10.1. The lowest BCUT2D eigenvalue weighted by atomic mass is 10.1. The average molecular weight is 230 g/mol. The molecule has 2 saturated carbocycles. The van der Waals surface area contributed by atoms with Gasteiger partial charge in [-0.25, -0.2) is 0 Å². The molecule has 2 aliphatic rings. The standard InChI is InChI=1S/C15H18O2/c1-2-17-15(16)14-12(13(14)11-8-9-11)10-6-4-3-5-7-10/h3-7,11-14H,2,8-9H2,1H3. The van der Waals surface area contributed by atoms with Crippen molar-refractivity contribution < 1.29 is 9.53 Å². The molecule has 1 aromatic rings. The van der Waals surface area contributed by atoms with Gasteiger partial charge < -0.3 is 4.74 Å². The number of benzene rings is 1. The van der Waals surface area contributed by atoms with E-state index in [4.69, 9.17) is 4.74 Å². The highest BCUT2D eigenvalue weighted by Gasteiger charge is 2.61. The Bertz CT molecular complexity index is 408. The van der Waals surface area contributed by atoms with Crippen LogP contribution in [0, 0.1) is 17.8 Å². The van der Waals surface area contributed by atoms with Crippen molar-refractivity contribution in [3.8, 4) is 0 Å². The quantitative estimate of drug-likeness (QED) is 0.743. The van der Waals surface area contributed by atoms with Crippen LogP contribution in [0.2, 0.25) is 0 Å². The molecule has 2 fully saturated rings. The molecule has 3 atom stereocenters. The van der Waals surface area contributed by atoms with E-state index < -0.39 is 0 Å². The van der Waals surface area contributed by atoms with Crippen LogP contribution >= 0.6 is 0 Å². The van der Waals surface area contributed by atoms with Gasteiger partial charge in [-0.05, 0) is 37.2 Å². The number of carbonyl (C=O) groups excluding carboxylic acids is 1. The molecular weight excluding hydrogens is 212 g/mol. The van der Waals surface area contributed by atoms with Crippen molar-refractivity contribution in [2.24, 2.45) is 17.8 Å². The Morgan fingerprint density at radius 1 is 1.29 bits per heavy atom. The van der Waals surface area contributed by atoms with Crippen LogP contribution in [0.1, 0.15) is 31.2 Å². The predicted octanol–water partition coefficient (Wildman–Crippen LogP) is 2.99. The number of ether oxygens (including phenoxy) is 1. The Kier molecular flexibility index (Phi) is 2.65. The summed E-state index contributed by atoms with van der Waals surface area (Å²) in [4.78, 5) is 11.9. The zero-order valence-corrected chi connectivity index (χ0v) is 10.1. The van der Waals surface area contributed by atoms with Gasteiger partial charge in [-0.1, -0.05) is 30.3 Å². The lowest BCUT2D eigenvalue weighted by Gasteiger charge is -2.00. The van der Waals surface area contributed by atoms with Crippen molar-refractivity contribution in [2.75, 3.05) is 6.61 Å². The van der Waals surface area contributed by atoms with E-state index in [1.165, 1.54) is 18.4 Å². The third-order valence-electron chi connectivity index (χ3n) is 3.98. The summed E-state index contributed by atoms with van der Waals surface area (Å²) in [6.45, 7) is 2.37. The van der Waals surface area contributed by atoms with Gasteiger partial charge >= 0.3 is 5.97 Å². The molecule has 2 nitrogen and oxygen atoms in total. The molecule has 1 aromatic carbocycles. The van der Waals surface area contributed by atoms with E-state index in [2.05, 4.69) is 24.3 Å². The minimum Gasteiger partial charge on any atom is -0.466 e. The molecule has 2 heteroatoms. The van der Waals surface area contributed by atoms with Crippen LogP contribution in [0.4, 0.5) is 0 Å². The van der Waals surface area contributed by atoms with Crippen LogP contribution in [0.5, 0.6) is 0 Å². The molecule has 0 spiro atoms. The summed E-state index contributed by atoms with van der Waals surface area (Å²) >= 11 is 0. The van der Waals surface area contributed by atoms with E-state index in [0.29, 0.717) is 18.4 Å². The largest absolute Gasteiger partial charge is 0.466 e. The van der Waals surface area contributed by atoms with Gasteiger partial charge in [0, 0.05) is 5.92 Å². The third kappa shape index (κ3) is 1.97. The Labute approximate surface area is 102 Å². The maximum atomic E-state index is 11.9. The Hall–Kier alpha value is -1.31. The van der Waals surface area contributed by atoms with E-state index in [0.717, 1.165) is 5.92 Å². The molecular formula is C15H18O2. The van der Waals surface area contributed by atoms with Gasteiger partial charge in [-0.15, -0.1) is 0 Å². The second kappa shape index (κ2) is 4.17. The first-order valence-electron chi connectivity index (χ1n) is 6.54. The highest BCUT2D eigenvalue weighted by Crippen LogP contribution is 2.64. The van der Waals surface area contributed by atoms with E-state index in [9.17, 15) is 4.79 Å². The summed E-state index contributed by atoms with van der Waals surface area (Å²) in [5, 5.41) is 0. The van der Waals surface area contributed by atoms with E-state index in [-0.39, 0.29) is 11.9 Å². The number of esters is 1. The lowest BCUT2D eigenvalue weighted by Crippen LogP contribution is -2.08. The number of hydrogen-bond donors (Lipinski definition) is 0. The molecule has 3 rings (SSSR count). The second-order valence-corrected chi connectivity index (χ2v) is 5.13. The van der Waals surface area contributed by atoms with Crippen molar-refractivity contribution >= 4 is 5.97 Å². The molecule has 90 valence electrons. The fourth-order valence-corrected chi connectivity index (χ4v) is 3.05. The zero-order chi connectivity index (χ0) is 11.8. The van der Waals surface area contributed by atoms with Crippen LogP contribution in [0.25, 0.3) is 0 Å². The van der Waals surface area contributed by atoms with Crippen molar-refractivity contribution in [1.82, 2.24) is 0 Å². The maximum absolute atomic E-state index is 11.9. The summed E-state index contributed by atoms with van der Waals surface area (Å²) in [6, 6.07) is 10.4. The van der Waals surface area contributed by atoms with Gasteiger partial charge in [-0.2, -0.15) is 0 Å². The molecule has 0 aliphatic heterocycles. The Morgan fingerprint density at radius 2 is 2.00 bits per heavy atom. The smallest absolute Gasteiger partial charge is 0.309 e. The number of rotatable bonds is 4. The SMILES string of the molecule is CCOC(=O)C1C(c2ccccc2)C1C1CC1. The minimum atomic E-state index is 0.0123. The summed E-state index contributed by atoms with van der Waals surface area (Å²) in [6.07, 6.45) is 2.59. The Morgan fingerprint density at radius 3 is 2.59 bits per heavy atom. The molecule has 0 aromatic heterocycles. The van der Waals surface area contributed by atoms with Gasteiger partial charge in [0.2, 0.25) is 0 Å².